The molecule has 1 aliphatic rings. The van der Waals surface area contributed by atoms with Gasteiger partial charge in [-0.1, -0.05) is 49.6 Å². The number of nitrogens with zero attached hydrogens (tertiary/aromatic N) is 7. The molecular weight excluding hydrogens is 647 g/mol. The highest BCUT2D eigenvalue weighted by molar-refractivity contribution is 6.00. The maximum absolute atomic E-state index is 12.6. The number of rotatable bonds is 19. The van der Waals surface area contributed by atoms with E-state index in [1.807, 2.05) is 73.3 Å². The fraction of sp³-hybridized carbons (Fsp3) is 0.233. The summed E-state index contributed by atoms with van der Waals surface area (Å²) < 4.78 is 6.44. The van der Waals surface area contributed by atoms with Gasteiger partial charge in [-0.05, 0) is 90.7 Å². The summed E-state index contributed by atoms with van der Waals surface area (Å²) in [6.07, 6.45) is 12.3. The molecule has 0 radical (unpaired) electrons. The minimum atomic E-state index is -0.0415. The Hall–Kier alpha value is -5.77. The number of allylic oxidation sites excluding steroid dienone is 1. The molecule has 5 aromatic rings. The van der Waals surface area contributed by atoms with Crippen LogP contribution in [0.4, 0.5) is 0 Å². The summed E-state index contributed by atoms with van der Waals surface area (Å²) in [5, 5.41) is 0. The van der Waals surface area contributed by atoms with Crippen LogP contribution < -0.4 is 4.74 Å². The Kier molecular flexibility index (Phi) is 12.8. The third kappa shape index (κ3) is 10.6. The van der Waals surface area contributed by atoms with Crippen molar-refractivity contribution in [2.75, 3.05) is 13.2 Å². The van der Waals surface area contributed by atoms with E-state index in [0.717, 1.165) is 52.5 Å². The maximum Gasteiger partial charge on any atom is 0.258 e. The molecule has 0 atom stereocenters. The van der Waals surface area contributed by atoms with E-state index in [4.69, 9.17) is 4.74 Å². The van der Waals surface area contributed by atoms with Crippen molar-refractivity contribution in [1.82, 2.24) is 34.6 Å². The lowest BCUT2D eigenvalue weighted by Crippen LogP contribution is -2.26. The van der Waals surface area contributed by atoms with Crippen LogP contribution in [0, 0.1) is 0 Å². The Morgan fingerprint density at radius 3 is 1.48 bits per heavy atom. The van der Waals surface area contributed by atoms with Crippen molar-refractivity contribution >= 4 is 5.91 Å². The third-order valence-corrected chi connectivity index (χ3v) is 8.71. The molecule has 264 valence electrons. The quantitative estimate of drug-likeness (QED) is 0.0835. The summed E-state index contributed by atoms with van der Waals surface area (Å²) in [5.41, 5.74) is 7.56. The summed E-state index contributed by atoms with van der Waals surface area (Å²) in [6.45, 7) is 12.9. The van der Waals surface area contributed by atoms with E-state index in [1.165, 1.54) is 0 Å². The molecular formula is C43H45N7O2. The van der Waals surface area contributed by atoms with Crippen molar-refractivity contribution < 1.29 is 9.53 Å². The van der Waals surface area contributed by atoms with Gasteiger partial charge >= 0.3 is 0 Å². The van der Waals surface area contributed by atoms with Crippen molar-refractivity contribution in [2.45, 2.75) is 52.1 Å². The molecule has 1 aromatic carbocycles. The van der Waals surface area contributed by atoms with Gasteiger partial charge in [-0.2, -0.15) is 0 Å². The molecule has 5 heterocycles. The van der Waals surface area contributed by atoms with Crippen molar-refractivity contribution in [3.05, 3.63) is 186 Å². The summed E-state index contributed by atoms with van der Waals surface area (Å²) in [4.78, 5) is 37.5. The lowest BCUT2D eigenvalue weighted by molar-refractivity contribution is -0.124. The van der Waals surface area contributed by atoms with Crippen LogP contribution >= 0.6 is 0 Å². The second-order valence-electron chi connectivity index (χ2n) is 12.9. The lowest BCUT2D eigenvalue weighted by atomic mass is 10.1. The number of hydrogen-bond donors (Lipinski definition) is 0. The van der Waals surface area contributed by atoms with Gasteiger partial charge in [0.05, 0.1) is 29.4 Å². The van der Waals surface area contributed by atoms with Crippen molar-refractivity contribution in [3.63, 3.8) is 0 Å². The van der Waals surface area contributed by atoms with E-state index in [0.29, 0.717) is 63.7 Å². The van der Waals surface area contributed by atoms with Gasteiger partial charge < -0.3 is 9.64 Å². The predicted molar refractivity (Wildman–Crippen MR) is 203 cm³/mol. The first-order chi connectivity index (χ1) is 25.5. The predicted octanol–water partition coefficient (Wildman–Crippen LogP) is 7.30. The number of carbonyl (C=O) groups excluding carboxylic acids is 1. The van der Waals surface area contributed by atoms with E-state index in [-0.39, 0.29) is 5.91 Å². The summed E-state index contributed by atoms with van der Waals surface area (Å²) in [5.74, 6) is 0.774. The zero-order valence-corrected chi connectivity index (χ0v) is 29.6. The Labute approximate surface area is 306 Å². The zero-order chi connectivity index (χ0) is 36.0. The second kappa shape index (κ2) is 18.5. The number of aromatic nitrogens is 4. The lowest BCUT2D eigenvalue weighted by Gasteiger charge is -2.25. The zero-order valence-electron chi connectivity index (χ0n) is 29.6. The monoisotopic (exact) mass is 691 g/mol. The van der Waals surface area contributed by atoms with Crippen LogP contribution in [0.3, 0.4) is 0 Å². The third-order valence-electron chi connectivity index (χ3n) is 8.71. The Morgan fingerprint density at radius 1 is 0.635 bits per heavy atom. The summed E-state index contributed by atoms with van der Waals surface area (Å²) in [7, 11) is 0. The number of carbonyl (C=O) groups is 1. The van der Waals surface area contributed by atoms with E-state index in [9.17, 15) is 4.79 Å². The molecule has 0 saturated heterocycles. The maximum atomic E-state index is 12.6. The molecule has 0 saturated carbocycles. The topological polar surface area (TPSA) is 87.6 Å². The average Bonchev–Trinajstić information content (AvgIpc) is 3.44. The molecule has 0 bridgehead atoms. The van der Waals surface area contributed by atoms with Gasteiger partial charge in [-0.15, -0.1) is 0 Å². The first kappa shape index (κ1) is 36.0. The van der Waals surface area contributed by atoms with Crippen molar-refractivity contribution in [2.24, 2.45) is 0 Å². The van der Waals surface area contributed by atoms with Crippen molar-refractivity contribution in [3.8, 4) is 5.75 Å². The minimum absolute atomic E-state index is 0.0415. The van der Waals surface area contributed by atoms with Gasteiger partial charge in [0.1, 0.15) is 5.75 Å². The van der Waals surface area contributed by atoms with Crippen LogP contribution in [0.1, 0.15) is 46.7 Å². The van der Waals surface area contributed by atoms with Gasteiger partial charge in [-0.3, -0.25) is 34.5 Å². The Bertz CT molecular complexity index is 1750. The van der Waals surface area contributed by atoms with Gasteiger partial charge in [0.2, 0.25) is 0 Å². The van der Waals surface area contributed by atoms with Crippen LogP contribution in [-0.4, -0.2) is 53.7 Å². The fourth-order valence-corrected chi connectivity index (χ4v) is 6.29. The molecule has 0 fully saturated rings. The first-order valence-corrected chi connectivity index (χ1v) is 17.7. The van der Waals surface area contributed by atoms with Crippen LogP contribution in [0.5, 0.6) is 5.75 Å². The van der Waals surface area contributed by atoms with Crippen molar-refractivity contribution in [1.29, 1.82) is 0 Å². The molecule has 1 amide bonds. The molecule has 0 N–H and O–H groups in total. The van der Waals surface area contributed by atoms with Gasteiger partial charge in [0, 0.05) is 81.9 Å². The molecule has 9 heteroatoms. The molecule has 1 aliphatic heterocycles. The van der Waals surface area contributed by atoms with Gasteiger partial charge in [0.25, 0.3) is 5.91 Å². The first-order valence-electron chi connectivity index (χ1n) is 17.7. The Balaban J connectivity index is 1.22. The van der Waals surface area contributed by atoms with Crippen LogP contribution in [0.15, 0.2) is 152 Å². The highest BCUT2D eigenvalue weighted by Gasteiger charge is 2.24. The van der Waals surface area contributed by atoms with Gasteiger partial charge in [-0.25, -0.2) is 0 Å². The minimum Gasteiger partial charge on any atom is -0.494 e. The number of hydrogen-bond acceptors (Lipinski definition) is 8. The number of benzene rings is 1. The standard InChI is InChI=1S/C43H45N7O2/c1-3-37-24-34(2)50(43(37)51)22-12-13-23-52-42-26-35(28-48(30-38-14-4-8-18-44-38)31-39-15-5-9-19-45-39)25-36(27-42)29-49(32-40-16-6-10-20-46-40)33-41-17-7-11-21-47-41/h3-11,14-21,24-27H,1-2,12-13,22-23,28-33H2. The van der Waals surface area contributed by atoms with E-state index >= 15 is 0 Å². The number of amides is 1. The molecule has 52 heavy (non-hydrogen) atoms. The van der Waals surface area contributed by atoms with Crippen LogP contribution in [0.25, 0.3) is 0 Å². The highest BCUT2D eigenvalue weighted by Crippen LogP contribution is 2.24. The molecule has 4 aromatic heterocycles. The summed E-state index contributed by atoms with van der Waals surface area (Å²) in [6, 6.07) is 30.6. The van der Waals surface area contributed by atoms with Crippen LogP contribution in [-0.2, 0) is 44.1 Å². The second-order valence-corrected chi connectivity index (χ2v) is 12.9. The number of pyridine rings is 4. The molecule has 0 unspecified atom stereocenters. The normalized spacial score (nSPS) is 12.8. The van der Waals surface area contributed by atoms with Crippen LogP contribution in [0.2, 0.25) is 0 Å². The number of unbranched alkanes of at least 4 members (excludes halogenated alkanes) is 1. The highest BCUT2D eigenvalue weighted by atomic mass is 16.5. The van der Waals surface area contributed by atoms with E-state index < -0.39 is 0 Å². The molecule has 6 rings (SSSR count). The average molecular weight is 692 g/mol. The molecule has 0 spiro atoms. The number of ether oxygens (including phenoxy) is 1. The van der Waals surface area contributed by atoms with Gasteiger partial charge in [0.15, 0.2) is 0 Å². The molecule has 9 nitrogen and oxygen atoms in total. The fourth-order valence-electron chi connectivity index (χ4n) is 6.29. The largest absolute Gasteiger partial charge is 0.494 e. The SMILES string of the molecule is C=CC1=CC(=C)N(CCCCOc2cc(CN(Cc3ccccn3)Cc3ccccn3)cc(CN(Cc3ccccn3)Cc3ccccn3)c2)C1=O. The van der Waals surface area contributed by atoms with E-state index in [1.54, 1.807) is 17.1 Å². The summed E-state index contributed by atoms with van der Waals surface area (Å²) >= 11 is 0. The Morgan fingerprint density at radius 2 is 1.10 bits per heavy atom. The molecule has 0 aliphatic carbocycles. The smallest absolute Gasteiger partial charge is 0.258 e. The van der Waals surface area contributed by atoms with E-state index in [2.05, 4.69) is 85.4 Å².